The number of rotatable bonds is 7. The summed E-state index contributed by atoms with van der Waals surface area (Å²) in [7, 11) is -3.73. The molecule has 7 nitrogen and oxygen atoms in total. The Morgan fingerprint density at radius 3 is 2.68 bits per heavy atom. The van der Waals surface area contributed by atoms with Crippen molar-refractivity contribution >= 4 is 32.4 Å². The molecule has 1 N–H and O–H groups in total. The van der Waals surface area contributed by atoms with Gasteiger partial charge in [-0.25, -0.2) is 13.4 Å². The van der Waals surface area contributed by atoms with E-state index in [1.54, 1.807) is 12.1 Å². The Hall–Kier alpha value is -2.13. The van der Waals surface area contributed by atoms with E-state index < -0.39 is 10.0 Å². The third kappa shape index (κ3) is 4.82. The first-order valence-electron chi connectivity index (χ1n) is 9.30. The Morgan fingerprint density at radius 1 is 1.32 bits per heavy atom. The molecule has 9 heteroatoms. The van der Waals surface area contributed by atoms with Crippen LogP contribution in [0.5, 0.6) is 5.75 Å². The minimum absolute atomic E-state index is 0.130. The van der Waals surface area contributed by atoms with Crippen LogP contribution >= 0.6 is 11.3 Å². The van der Waals surface area contributed by atoms with Gasteiger partial charge in [-0.3, -0.25) is 9.52 Å². The molecule has 2 aromatic rings. The minimum atomic E-state index is -3.73. The summed E-state index contributed by atoms with van der Waals surface area (Å²) >= 11 is 1.29. The summed E-state index contributed by atoms with van der Waals surface area (Å²) in [6, 6.07) is 6.27. The van der Waals surface area contributed by atoms with E-state index in [1.807, 2.05) is 25.7 Å². The van der Waals surface area contributed by atoms with E-state index in [1.165, 1.54) is 23.5 Å². The molecule has 0 atom stereocenters. The molecule has 0 unspecified atom stereocenters. The molecule has 0 spiro atoms. The van der Waals surface area contributed by atoms with E-state index in [2.05, 4.69) is 9.71 Å². The molecule has 0 fully saturated rings. The van der Waals surface area contributed by atoms with Crippen LogP contribution in [0.25, 0.3) is 0 Å². The largest absolute Gasteiger partial charge is 0.494 e. The Bertz CT molecular complexity index is 937. The predicted molar refractivity (Wildman–Crippen MR) is 109 cm³/mol. The zero-order valence-corrected chi connectivity index (χ0v) is 17.9. The van der Waals surface area contributed by atoms with E-state index in [0.717, 1.165) is 10.6 Å². The predicted octanol–water partition coefficient (Wildman–Crippen LogP) is 3.27. The number of sulfonamides is 1. The van der Waals surface area contributed by atoms with E-state index in [4.69, 9.17) is 4.74 Å². The highest BCUT2D eigenvalue weighted by Crippen LogP contribution is 2.30. The van der Waals surface area contributed by atoms with Crippen LogP contribution in [-0.2, 0) is 27.8 Å². The van der Waals surface area contributed by atoms with Crippen molar-refractivity contribution in [2.45, 2.75) is 45.1 Å². The number of amides is 1. The van der Waals surface area contributed by atoms with Gasteiger partial charge in [-0.1, -0.05) is 25.2 Å². The SMILES string of the molecule is CCOc1ccc(S(=O)(=O)Nc2nc3c(s2)CN(C(=O)CC(C)C)CC3)cc1. The monoisotopic (exact) mass is 423 g/mol. The summed E-state index contributed by atoms with van der Waals surface area (Å²) in [5.41, 5.74) is 0.864. The van der Waals surface area contributed by atoms with E-state index in [-0.39, 0.29) is 10.8 Å². The van der Waals surface area contributed by atoms with Crippen molar-refractivity contribution in [2.75, 3.05) is 17.9 Å². The topological polar surface area (TPSA) is 88.6 Å². The van der Waals surface area contributed by atoms with Crippen LogP contribution in [0.15, 0.2) is 29.2 Å². The summed E-state index contributed by atoms with van der Waals surface area (Å²) in [6.07, 6.45) is 1.16. The lowest BCUT2D eigenvalue weighted by Gasteiger charge is -2.26. The van der Waals surface area contributed by atoms with Gasteiger partial charge in [0.25, 0.3) is 10.0 Å². The fourth-order valence-electron chi connectivity index (χ4n) is 2.99. The lowest BCUT2D eigenvalue weighted by Crippen LogP contribution is -2.36. The number of anilines is 1. The molecule has 1 aromatic carbocycles. The van der Waals surface area contributed by atoms with Gasteiger partial charge in [-0.2, -0.15) is 0 Å². The zero-order valence-electron chi connectivity index (χ0n) is 16.3. The standard InChI is InChI=1S/C19H25N3O4S2/c1-4-26-14-5-7-15(8-6-14)28(24,25)21-19-20-16-9-10-22(12-17(16)27-19)18(23)11-13(2)3/h5-8,13H,4,9-12H2,1-3H3,(H,20,21). The average molecular weight is 424 g/mol. The number of ether oxygens (including phenoxy) is 1. The van der Waals surface area contributed by atoms with Gasteiger partial charge in [0.2, 0.25) is 5.91 Å². The highest BCUT2D eigenvalue weighted by atomic mass is 32.2. The molecule has 0 saturated heterocycles. The number of fused-ring (bicyclic) bond motifs is 1. The van der Waals surface area contributed by atoms with Crippen LogP contribution < -0.4 is 9.46 Å². The summed E-state index contributed by atoms with van der Waals surface area (Å²) < 4.78 is 33.2. The number of aromatic nitrogens is 1. The molecule has 0 aliphatic carbocycles. The number of benzene rings is 1. The zero-order chi connectivity index (χ0) is 20.3. The normalized spacial score (nSPS) is 14.1. The lowest BCUT2D eigenvalue weighted by atomic mass is 10.1. The maximum absolute atomic E-state index is 12.6. The van der Waals surface area contributed by atoms with Gasteiger partial charge in [0, 0.05) is 24.3 Å². The number of nitrogens with one attached hydrogen (secondary N) is 1. The first kappa shape index (κ1) is 20.6. The van der Waals surface area contributed by atoms with Crippen LogP contribution in [0.1, 0.15) is 37.8 Å². The van der Waals surface area contributed by atoms with Gasteiger partial charge in [-0.05, 0) is 37.1 Å². The quantitative estimate of drug-likeness (QED) is 0.738. The van der Waals surface area contributed by atoms with Crippen molar-refractivity contribution in [1.82, 2.24) is 9.88 Å². The first-order valence-corrected chi connectivity index (χ1v) is 11.6. The van der Waals surface area contributed by atoms with E-state index in [9.17, 15) is 13.2 Å². The number of hydrogen-bond acceptors (Lipinski definition) is 6. The Labute approximate surface area is 169 Å². The maximum atomic E-state index is 12.6. The molecule has 1 aliphatic heterocycles. The Morgan fingerprint density at radius 2 is 2.04 bits per heavy atom. The number of thiazole rings is 1. The van der Waals surface area contributed by atoms with Crippen molar-refractivity contribution in [2.24, 2.45) is 5.92 Å². The van der Waals surface area contributed by atoms with Gasteiger partial charge < -0.3 is 9.64 Å². The number of carbonyl (C=O) groups excluding carboxylic acids is 1. The molecule has 1 aromatic heterocycles. The van der Waals surface area contributed by atoms with Crippen molar-refractivity contribution in [3.63, 3.8) is 0 Å². The van der Waals surface area contributed by atoms with Gasteiger partial charge in [0.1, 0.15) is 5.75 Å². The van der Waals surface area contributed by atoms with Crippen molar-refractivity contribution < 1.29 is 17.9 Å². The van der Waals surface area contributed by atoms with E-state index >= 15 is 0 Å². The van der Waals surface area contributed by atoms with Crippen molar-refractivity contribution in [3.8, 4) is 5.75 Å². The molecule has 0 saturated carbocycles. The minimum Gasteiger partial charge on any atom is -0.494 e. The number of nitrogens with zero attached hydrogens (tertiary/aromatic N) is 2. The van der Waals surface area contributed by atoms with Gasteiger partial charge in [0.05, 0.1) is 23.7 Å². The molecule has 0 radical (unpaired) electrons. The molecule has 1 aliphatic rings. The molecule has 3 rings (SSSR count). The fraction of sp³-hybridized carbons (Fsp3) is 0.474. The molecule has 2 heterocycles. The maximum Gasteiger partial charge on any atom is 0.263 e. The summed E-state index contributed by atoms with van der Waals surface area (Å²) in [4.78, 5) is 19.6. The second-order valence-electron chi connectivity index (χ2n) is 7.06. The molecule has 28 heavy (non-hydrogen) atoms. The second kappa shape index (κ2) is 8.48. The van der Waals surface area contributed by atoms with Crippen LogP contribution in [-0.4, -0.2) is 37.4 Å². The van der Waals surface area contributed by atoms with Crippen molar-refractivity contribution in [3.05, 3.63) is 34.8 Å². The summed E-state index contributed by atoms with van der Waals surface area (Å²) in [5, 5.41) is 0.331. The fourth-order valence-corrected chi connectivity index (χ4v) is 5.24. The van der Waals surface area contributed by atoms with Gasteiger partial charge in [-0.15, -0.1) is 0 Å². The molecule has 0 bridgehead atoms. The third-order valence-corrected chi connectivity index (χ3v) is 6.82. The molecule has 152 valence electrons. The Kier molecular flexibility index (Phi) is 6.24. The molecule has 1 amide bonds. The lowest BCUT2D eigenvalue weighted by molar-refractivity contribution is -0.132. The highest BCUT2D eigenvalue weighted by molar-refractivity contribution is 7.93. The highest BCUT2D eigenvalue weighted by Gasteiger charge is 2.26. The van der Waals surface area contributed by atoms with E-state index in [0.29, 0.717) is 49.3 Å². The average Bonchev–Trinajstić information content (AvgIpc) is 3.02. The smallest absolute Gasteiger partial charge is 0.263 e. The van der Waals surface area contributed by atoms with Crippen LogP contribution in [0.3, 0.4) is 0 Å². The summed E-state index contributed by atoms with van der Waals surface area (Å²) in [5.74, 6) is 1.06. The van der Waals surface area contributed by atoms with Crippen LogP contribution in [0.4, 0.5) is 5.13 Å². The second-order valence-corrected chi connectivity index (χ2v) is 9.83. The van der Waals surface area contributed by atoms with Crippen LogP contribution in [0.2, 0.25) is 0 Å². The number of carbonyl (C=O) groups is 1. The molecular formula is C19H25N3O4S2. The third-order valence-electron chi connectivity index (χ3n) is 4.33. The summed E-state index contributed by atoms with van der Waals surface area (Å²) in [6.45, 7) is 7.54. The Balaban J connectivity index is 1.71. The first-order chi connectivity index (χ1) is 13.3. The molecular weight excluding hydrogens is 398 g/mol. The number of hydrogen-bond donors (Lipinski definition) is 1. The van der Waals surface area contributed by atoms with Crippen molar-refractivity contribution in [1.29, 1.82) is 0 Å². The van der Waals surface area contributed by atoms with Gasteiger partial charge in [0.15, 0.2) is 5.13 Å². The van der Waals surface area contributed by atoms with Gasteiger partial charge >= 0.3 is 0 Å². The van der Waals surface area contributed by atoms with Crippen LogP contribution in [0, 0.1) is 5.92 Å².